The van der Waals surface area contributed by atoms with E-state index in [1.807, 2.05) is 0 Å². The Balaban J connectivity index is 2.28. The van der Waals surface area contributed by atoms with Crippen LogP contribution in [0.2, 0.25) is 0 Å². The van der Waals surface area contributed by atoms with Gasteiger partial charge in [0.25, 0.3) is 0 Å². The van der Waals surface area contributed by atoms with Crippen LogP contribution in [0.5, 0.6) is 0 Å². The molecule has 26 heavy (non-hydrogen) atoms. The molecular weight excluding hydrogens is 337 g/mol. The average Bonchev–Trinajstić information content (AvgIpc) is 2.93. The van der Waals surface area contributed by atoms with Gasteiger partial charge in [0.05, 0.1) is 39.7 Å². The predicted octanol–water partition coefficient (Wildman–Crippen LogP) is 2.68. The van der Waals surface area contributed by atoms with Gasteiger partial charge < -0.3 is 20.3 Å². The van der Waals surface area contributed by atoms with E-state index in [0.29, 0.717) is 12.1 Å². The molecule has 1 saturated heterocycles. The first-order valence-corrected chi connectivity index (χ1v) is 8.01. The van der Waals surface area contributed by atoms with Crippen LogP contribution in [-0.2, 0) is 11.2 Å². The minimum atomic E-state index is -3.51. The number of nitrogens with zero attached hydrogens (tertiary/aromatic N) is 4. The van der Waals surface area contributed by atoms with E-state index < -0.39 is 49.2 Å². The number of amides is 1. The molecule has 1 aliphatic heterocycles. The number of carbonyl (C=O) groups excluding carboxylic acids is 1. The molecule has 7 nitrogen and oxygen atoms in total. The van der Waals surface area contributed by atoms with Crippen LogP contribution in [0.3, 0.4) is 0 Å². The number of rotatable bonds is 2. The third-order valence-corrected chi connectivity index (χ3v) is 3.51. The van der Waals surface area contributed by atoms with Crippen LogP contribution >= 0.6 is 0 Å². The summed E-state index contributed by atoms with van der Waals surface area (Å²) in [4.78, 5) is 12.5. The lowest BCUT2D eigenvalue weighted by Crippen LogP contribution is -2.50. The molecule has 0 unspecified atom stereocenters. The molecule has 0 spiro atoms. The highest BCUT2D eigenvalue weighted by Gasteiger charge is 2.27. The van der Waals surface area contributed by atoms with Crippen molar-refractivity contribution in [2.45, 2.75) is 39.7 Å². The molecule has 0 aromatic carbocycles. The Morgan fingerprint density at radius 2 is 2.04 bits per heavy atom. The molecule has 2 N–H and O–H groups in total. The lowest BCUT2D eigenvalue weighted by Gasteiger charge is -2.36. The molecule has 8 heteroatoms. The summed E-state index contributed by atoms with van der Waals surface area (Å²) in [5, 5.41) is 4.11. The monoisotopic (exact) mass is 371 g/mol. The van der Waals surface area contributed by atoms with Gasteiger partial charge in [0.15, 0.2) is 5.82 Å². The molecule has 3 heterocycles. The third-order valence-electron chi connectivity index (χ3n) is 3.51. The molecular formula is C18H26FN5O2. The standard InChI is InChI=1S/C18H26FN5O2/c1-5-13-16(20)15-10-14(12(19)11-24(15)21-13)22-6-8-23(9-7-22)17(25)26-18(2,3)4/h10-11H,5-9,20H2,1-4H3/i6D2,7D2,8D2,9D2. The zero-order valence-corrected chi connectivity index (χ0v) is 14.9. The summed E-state index contributed by atoms with van der Waals surface area (Å²) in [5.74, 6) is -1.21. The second-order valence-electron chi connectivity index (χ2n) is 6.65. The van der Waals surface area contributed by atoms with Gasteiger partial charge in [0.1, 0.15) is 5.60 Å². The molecule has 0 atom stereocenters. The number of fused-ring (bicyclic) bond motifs is 1. The van der Waals surface area contributed by atoms with Gasteiger partial charge in [-0.25, -0.2) is 13.7 Å². The number of hydrogen-bond acceptors (Lipinski definition) is 5. The van der Waals surface area contributed by atoms with Crippen molar-refractivity contribution in [3.63, 3.8) is 0 Å². The van der Waals surface area contributed by atoms with Crippen molar-refractivity contribution in [3.05, 3.63) is 23.8 Å². The number of halogens is 1. The number of aryl methyl sites for hydroxylation is 1. The van der Waals surface area contributed by atoms with Crippen molar-refractivity contribution in [3.8, 4) is 0 Å². The molecule has 1 aliphatic rings. The summed E-state index contributed by atoms with van der Waals surface area (Å²) in [5.41, 5.74) is 4.64. The van der Waals surface area contributed by atoms with E-state index in [1.165, 1.54) is 20.8 Å². The van der Waals surface area contributed by atoms with Crippen molar-refractivity contribution in [2.75, 3.05) is 36.6 Å². The van der Waals surface area contributed by atoms with Crippen LogP contribution < -0.4 is 10.6 Å². The lowest BCUT2D eigenvalue weighted by atomic mass is 10.2. The molecule has 0 saturated carbocycles. The van der Waals surface area contributed by atoms with Crippen LogP contribution in [0.15, 0.2) is 12.3 Å². The Morgan fingerprint density at radius 3 is 2.62 bits per heavy atom. The second-order valence-corrected chi connectivity index (χ2v) is 6.65. The Bertz CT molecular complexity index is 1120. The fourth-order valence-corrected chi connectivity index (χ4v) is 2.33. The van der Waals surface area contributed by atoms with Crippen LogP contribution in [0.4, 0.5) is 20.6 Å². The minimum Gasteiger partial charge on any atom is -0.444 e. The van der Waals surface area contributed by atoms with Crippen LogP contribution in [-0.4, -0.2) is 52.2 Å². The van der Waals surface area contributed by atoms with E-state index in [2.05, 4.69) is 5.10 Å². The van der Waals surface area contributed by atoms with Crippen molar-refractivity contribution in [2.24, 2.45) is 0 Å². The van der Waals surface area contributed by atoms with Gasteiger partial charge in [-0.1, -0.05) is 6.92 Å². The number of nitrogen functional groups attached to an aromatic ring is 1. The first kappa shape index (κ1) is 10.6. The summed E-state index contributed by atoms with van der Waals surface area (Å²) in [6.45, 7) is -7.92. The zero-order valence-electron chi connectivity index (χ0n) is 22.9. The molecule has 142 valence electrons. The summed E-state index contributed by atoms with van der Waals surface area (Å²) < 4.78 is 88.5. The fraction of sp³-hybridized carbons (Fsp3) is 0.556. The molecule has 2 aromatic heterocycles. The average molecular weight is 371 g/mol. The SMILES string of the molecule is [2H]C1([2H])N(C(=O)OC(C)(C)C)C([2H])([2H])C([2H])([2H])N(c2cc3c(N)c(CC)nn3cc2F)C1([2H])[2H]. The molecule has 1 fully saturated rings. The van der Waals surface area contributed by atoms with Gasteiger partial charge in [-0.2, -0.15) is 5.10 Å². The largest absolute Gasteiger partial charge is 0.444 e. The quantitative estimate of drug-likeness (QED) is 0.878. The number of aromatic nitrogens is 2. The maximum Gasteiger partial charge on any atom is 0.410 e. The van der Waals surface area contributed by atoms with Gasteiger partial charge in [-0.15, -0.1) is 0 Å². The second kappa shape index (κ2) is 6.66. The van der Waals surface area contributed by atoms with E-state index in [-0.39, 0.29) is 21.0 Å². The first-order chi connectivity index (χ1) is 15.2. The third kappa shape index (κ3) is 3.54. The number of pyridine rings is 1. The highest BCUT2D eigenvalue weighted by Crippen LogP contribution is 2.27. The number of ether oxygens (including phenoxy) is 1. The zero-order chi connectivity index (χ0) is 26.2. The van der Waals surface area contributed by atoms with Crippen LogP contribution in [0.1, 0.15) is 44.4 Å². The van der Waals surface area contributed by atoms with Gasteiger partial charge in [-0.3, -0.25) is 0 Å². The van der Waals surface area contributed by atoms with E-state index in [4.69, 9.17) is 21.4 Å². The lowest BCUT2D eigenvalue weighted by molar-refractivity contribution is 0.0240. The van der Waals surface area contributed by atoms with E-state index in [9.17, 15) is 4.79 Å². The van der Waals surface area contributed by atoms with Gasteiger partial charge in [0.2, 0.25) is 0 Å². The number of piperazine rings is 1. The summed E-state index contributed by atoms with van der Waals surface area (Å²) in [6.07, 6.45) is -0.401. The molecule has 0 radical (unpaired) electrons. The van der Waals surface area contributed by atoms with Gasteiger partial charge in [0, 0.05) is 26.0 Å². The molecule has 0 aliphatic carbocycles. The van der Waals surface area contributed by atoms with E-state index in [1.54, 1.807) is 6.92 Å². The number of nitrogens with two attached hydrogens (primary N) is 1. The smallest absolute Gasteiger partial charge is 0.410 e. The summed E-state index contributed by atoms with van der Waals surface area (Å²) >= 11 is 0. The highest BCUT2D eigenvalue weighted by atomic mass is 19.1. The van der Waals surface area contributed by atoms with Crippen LogP contribution in [0, 0.1) is 5.82 Å². The molecule has 3 rings (SSSR count). The Morgan fingerprint density at radius 1 is 1.38 bits per heavy atom. The summed E-state index contributed by atoms with van der Waals surface area (Å²) in [6, 6.07) is 0.974. The Hall–Kier alpha value is -2.51. The summed E-state index contributed by atoms with van der Waals surface area (Å²) in [7, 11) is 0. The van der Waals surface area contributed by atoms with Gasteiger partial charge >= 0.3 is 6.09 Å². The van der Waals surface area contributed by atoms with Crippen LogP contribution in [0.25, 0.3) is 5.52 Å². The van der Waals surface area contributed by atoms with Crippen molar-refractivity contribution < 1.29 is 24.9 Å². The number of carbonyl (C=O) groups is 1. The fourth-order valence-electron chi connectivity index (χ4n) is 2.33. The Labute approximate surface area is 163 Å². The van der Waals surface area contributed by atoms with Crippen molar-refractivity contribution >= 4 is 23.0 Å². The maximum atomic E-state index is 15.2. The van der Waals surface area contributed by atoms with E-state index >= 15 is 4.39 Å². The van der Waals surface area contributed by atoms with Crippen molar-refractivity contribution in [1.29, 1.82) is 0 Å². The normalized spacial score (nSPS) is 27.9. The van der Waals surface area contributed by atoms with E-state index in [0.717, 1.165) is 16.8 Å². The molecule has 0 bridgehead atoms. The minimum absolute atomic E-state index is 0.0221. The molecule has 2 aromatic rings. The number of anilines is 2. The van der Waals surface area contributed by atoms with Gasteiger partial charge in [-0.05, 0) is 33.3 Å². The Kier molecular flexibility index (Phi) is 2.71. The van der Waals surface area contributed by atoms with Crippen molar-refractivity contribution in [1.82, 2.24) is 14.5 Å². The topological polar surface area (TPSA) is 76.1 Å². The predicted molar refractivity (Wildman–Crippen MR) is 99.0 cm³/mol. The highest BCUT2D eigenvalue weighted by molar-refractivity contribution is 5.76. The first-order valence-electron chi connectivity index (χ1n) is 12.0. The maximum absolute atomic E-state index is 15.2. The number of hydrogen-bond donors (Lipinski definition) is 1. The molecule has 1 amide bonds.